The van der Waals surface area contributed by atoms with Crippen LogP contribution >= 0.6 is 38.5 Å². The lowest BCUT2D eigenvalue weighted by Gasteiger charge is -2.12. The Kier molecular flexibility index (Phi) is 6.80. The van der Waals surface area contributed by atoms with Crippen LogP contribution in [-0.2, 0) is 4.79 Å². The molecule has 24 heavy (non-hydrogen) atoms. The number of hydrazine groups is 1. The van der Waals surface area contributed by atoms with Crippen molar-refractivity contribution in [1.29, 1.82) is 0 Å². The molecule has 2 aromatic rings. The summed E-state index contributed by atoms with van der Waals surface area (Å²) >= 11 is 5.42. The zero-order valence-corrected chi connectivity index (χ0v) is 16.3. The predicted octanol–water partition coefficient (Wildman–Crippen LogP) is 3.83. The zero-order valence-electron chi connectivity index (χ0n) is 12.6. The quantitative estimate of drug-likeness (QED) is 0.418. The molecule has 124 valence electrons. The van der Waals surface area contributed by atoms with Crippen LogP contribution in [0, 0.1) is 3.57 Å². The molecule has 0 heterocycles. The molecule has 0 saturated heterocycles. The molecule has 0 atom stereocenters. The van der Waals surface area contributed by atoms with E-state index in [4.69, 9.17) is 0 Å². The predicted molar refractivity (Wildman–Crippen MR) is 106 cm³/mol. The van der Waals surface area contributed by atoms with Crippen molar-refractivity contribution in [1.82, 2.24) is 10.9 Å². The summed E-state index contributed by atoms with van der Waals surface area (Å²) in [7, 11) is 0. The van der Waals surface area contributed by atoms with Crippen LogP contribution in [0.5, 0.6) is 0 Å². The maximum Gasteiger partial charge on any atom is 0.270 e. The minimum atomic E-state index is -0.283. The van der Waals surface area contributed by atoms with Crippen molar-refractivity contribution in [2.75, 3.05) is 5.32 Å². The molecule has 2 amide bonds. The number of nitrogens with one attached hydrogen (secondary N) is 3. The van der Waals surface area contributed by atoms with Crippen molar-refractivity contribution in [2.45, 2.75) is 6.42 Å². The average Bonchev–Trinajstić information content (AvgIpc) is 2.55. The number of halogens is 2. The largest absolute Gasteiger partial charge is 0.326 e. The highest BCUT2D eigenvalue weighted by Crippen LogP contribution is 2.14. The molecule has 2 rings (SSSR count). The second kappa shape index (κ2) is 8.84. The first-order valence-corrected chi connectivity index (χ1v) is 8.87. The van der Waals surface area contributed by atoms with Gasteiger partial charge in [0.15, 0.2) is 0 Å². The Morgan fingerprint density at radius 2 is 1.71 bits per heavy atom. The zero-order chi connectivity index (χ0) is 17.5. The Bertz CT molecular complexity index is 763. The SMILES string of the molecule is C=C(CC(=O)Nc1ccc(Br)cc1)NNC(=O)c1ccccc1I. The topological polar surface area (TPSA) is 70.2 Å². The van der Waals surface area contributed by atoms with Gasteiger partial charge in [0.25, 0.3) is 5.91 Å². The van der Waals surface area contributed by atoms with E-state index in [9.17, 15) is 9.59 Å². The number of anilines is 1. The fourth-order valence-electron chi connectivity index (χ4n) is 1.83. The second-order valence-corrected chi connectivity index (χ2v) is 6.97. The van der Waals surface area contributed by atoms with Crippen LogP contribution in [0.4, 0.5) is 5.69 Å². The third-order valence-corrected chi connectivity index (χ3v) is 4.44. The first-order chi connectivity index (χ1) is 11.5. The van der Waals surface area contributed by atoms with Gasteiger partial charge in [-0.1, -0.05) is 34.6 Å². The lowest BCUT2D eigenvalue weighted by molar-refractivity contribution is -0.115. The fraction of sp³-hybridized carbons (Fsp3) is 0.0588. The Morgan fingerprint density at radius 3 is 2.38 bits per heavy atom. The summed E-state index contributed by atoms with van der Waals surface area (Å²) in [5.74, 6) is -0.507. The molecule has 0 unspecified atom stereocenters. The van der Waals surface area contributed by atoms with Crippen LogP contribution in [-0.4, -0.2) is 11.8 Å². The molecule has 0 aliphatic heterocycles. The van der Waals surface area contributed by atoms with Crippen molar-refractivity contribution in [3.05, 3.63) is 74.4 Å². The number of hydrogen-bond acceptors (Lipinski definition) is 3. The molecule has 5 nitrogen and oxygen atoms in total. The summed E-state index contributed by atoms with van der Waals surface area (Å²) < 4.78 is 1.78. The van der Waals surface area contributed by atoms with E-state index in [1.807, 2.05) is 24.3 Å². The van der Waals surface area contributed by atoms with E-state index in [1.165, 1.54) is 0 Å². The van der Waals surface area contributed by atoms with E-state index in [-0.39, 0.29) is 18.2 Å². The summed E-state index contributed by atoms with van der Waals surface area (Å²) in [5.41, 5.74) is 6.84. The van der Waals surface area contributed by atoms with E-state index in [0.717, 1.165) is 8.04 Å². The van der Waals surface area contributed by atoms with E-state index in [2.05, 4.69) is 61.3 Å². The molecule has 0 fully saturated rings. The molecule has 0 bridgehead atoms. The maximum atomic E-state index is 12.1. The number of carbonyl (C=O) groups excluding carboxylic acids is 2. The van der Waals surface area contributed by atoms with Gasteiger partial charge >= 0.3 is 0 Å². The first-order valence-electron chi connectivity index (χ1n) is 7.00. The number of hydrogen-bond donors (Lipinski definition) is 3. The molecule has 0 saturated carbocycles. The van der Waals surface area contributed by atoms with Crippen molar-refractivity contribution >= 4 is 56.0 Å². The van der Waals surface area contributed by atoms with Crippen LogP contribution in [0.15, 0.2) is 65.3 Å². The Balaban J connectivity index is 1.80. The number of benzene rings is 2. The van der Waals surface area contributed by atoms with Crippen LogP contribution in [0.1, 0.15) is 16.8 Å². The monoisotopic (exact) mass is 499 g/mol. The smallest absolute Gasteiger partial charge is 0.270 e. The van der Waals surface area contributed by atoms with Crippen LogP contribution in [0.3, 0.4) is 0 Å². The van der Waals surface area contributed by atoms with Crippen LogP contribution < -0.4 is 16.2 Å². The summed E-state index contributed by atoms with van der Waals surface area (Å²) in [6.45, 7) is 3.74. The summed E-state index contributed by atoms with van der Waals surface area (Å²) in [5, 5.41) is 2.75. The lowest BCUT2D eigenvalue weighted by atomic mass is 10.2. The van der Waals surface area contributed by atoms with Gasteiger partial charge < -0.3 is 10.7 Å². The fourth-order valence-corrected chi connectivity index (χ4v) is 2.73. The molecule has 0 aromatic heterocycles. The van der Waals surface area contributed by atoms with Gasteiger partial charge in [0, 0.05) is 19.4 Å². The summed E-state index contributed by atoms with van der Waals surface area (Å²) in [6.07, 6.45) is 0.0439. The van der Waals surface area contributed by atoms with E-state index in [0.29, 0.717) is 16.9 Å². The highest BCUT2D eigenvalue weighted by molar-refractivity contribution is 14.1. The molecule has 2 aromatic carbocycles. The number of amides is 2. The van der Waals surface area contributed by atoms with Crippen LogP contribution in [0.2, 0.25) is 0 Å². The molecule has 0 aliphatic carbocycles. The van der Waals surface area contributed by atoms with Gasteiger partial charge in [-0.2, -0.15) is 0 Å². The van der Waals surface area contributed by atoms with Gasteiger partial charge in [0.1, 0.15) is 0 Å². The normalized spacial score (nSPS) is 9.92. The van der Waals surface area contributed by atoms with Crippen molar-refractivity contribution < 1.29 is 9.59 Å². The molecule has 0 radical (unpaired) electrons. The summed E-state index contributed by atoms with van der Waals surface area (Å²) in [6, 6.07) is 14.5. The number of rotatable bonds is 6. The Labute approximate surface area is 162 Å². The first kappa shape index (κ1) is 18.5. The minimum absolute atomic E-state index is 0.0439. The highest BCUT2D eigenvalue weighted by atomic mass is 127. The molecular weight excluding hydrogens is 485 g/mol. The lowest BCUT2D eigenvalue weighted by Crippen LogP contribution is -2.37. The Hall–Kier alpha value is -1.87. The average molecular weight is 500 g/mol. The van der Waals surface area contributed by atoms with Gasteiger partial charge in [-0.3, -0.25) is 15.0 Å². The van der Waals surface area contributed by atoms with Gasteiger partial charge in [0.2, 0.25) is 5.91 Å². The van der Waals surface area contributed by atoms with Gasteiger partial charge in [-0.05, 0) is 59.0 Å². The van der Waals surface area contributed by atoms with E-state index < -0.39 is 0 Å². The maximum absolute atomic E-state index is 12.1. The number of carbonyl (C=O) groups is 2. The standard InChI is InChI=1S/C17H15BrIN3O2/c1-11(10-16(23)20-13-8-6-12(18)7-9-13)21-22-17(24)14-4-2-3-5-15(14)19/h2-9,21H,1,10H2,(H,20,23)(H,22,24). The minimum Gasteiger partial charge on any atom is -0.326 e. The third kappa shape index (κ3) is 5.64. The van der Waals surface area contributed by atoms with Crippen molar-refractivity contribution in [3.63, 3.8) is 0 Å². The summed E-state index contributed by atoms with van der Waals surface area (Å²) in [4.78, 5) is 24.0. The molecule has 7 heteroatoms. The molecule has 0 spiro atoms. The highest BCUT2D eigenvalue weighted by Gasteiger charge is 2.10. The molecule has 3 N–H and O–H groups in total. The van der Waals surface area contributed by atoms with Gasteiger partial charge in [-0.15, -0.1) is 0 Å². The van der Waals surface area contributed by atoms with Crippen molar-refractivity contribution in [3.8, 4) is 0 Å². The van der Waals surface area contributed by atoms with E-state index in [1.54, 1.807) is 24.3 Å². The Morgan fingerprint density at radius 1 is 1.04 bits per heavy atom. The van der Waals surface area contributed by atoms with E-state index >= 15 is 0 Å². The van der Waals surface area contributed by atoms with Crippen LogP contribution in [0.25, 0.3) is 0 Å². The second-order valence-electron chi connectivity index (χ2n) is 4.89. The van der Waals surface area contributed by atoms with Crippen molar-refractivity contribution in [2.24, 2.45) is 0 Å². The van der Waals surface area contributed by atoms with Gasteiger partial charge in [-0.25, -0.2) is 0 Å². The van der Waals surface area contributed by atoms with Gasteiger partial charge in [0.05, 0.1) is 12.0 Å². The third-order valence-electron chi connectivity index (χ3n) is 2.97. The molecular formula is C17H15BrIN3O2. The molecule has 0 aliphatic rings.